The van der Waals surface area contributed by atoms with Gasteiger partial charge >= 0.3 is 461 Å². The fourth-order valence-electron chi connectivity index (χ4n) is 0.432. The molecule has 0 aliphatic rings. The van der Waals surface area contributed by atoms with E-state index in [1.165, 1.54) is 0 Å². The van der Waals surface area contributed by atoms with Crippen LogP contribution >= 0.6 is 461 Å². The molecule has 0 aromatic carbocycles. The summed E-state index contributed by atoms with van der Waals surface area (Å²) in [5.74, 6) is 0. The minimum absolute atomic E-state index is 0.439. The zero-order valence-corrected chi connectivity index (χ0v) is 86.2. The van der Waals surface area contributed by atoms with Crippen molar-refractivity contribution in [1.82, 2.24) is 0 Å². The SMILES string of the molecule is II(I)I(I)I(I)I(I)I(I)I(I)I(I)I(I)I(I)I(I)I(I)I(I)I(I)I(I)I(I)I(I)I. The molecule has 0 aliphatic carbocycles. The molecule has 0 atom stereocenters. The van der Waals surface area contributed by atoms with Crippen LogP contribution in [0.25, 0.3) is 0 Å². The average molecular weight is 4310 g/mol. The van der Waals surface area contributed by atoms with Crippen molar-refractivity contribution >= 4 is 461 Å². The van der Waals surface area contributed by atoms with Gasteiger partial charge in [-0.3, -0.25) is 0 Å². The molecule has 238 valence electrons. The van der Waals surface area contributed by atoms with Crippen molar-refractivity contribution in [3.63, 3.8) is 0 Å². The molecular weight excluding hydrogens is 4310 g/mol. The second kappa shape index (κ2) is 35.2. The maximum absolute atomic E-state index is 3.31. The van der Waals surface area contributed by atoms with Gasteiger partial charge in [-0.25, -0.2) is 0 Å². The van der Waals surface area contributed by atoms with E-state index in [1.54, 1.807) is 0 Å². The normalized spacial score (nSPS) is 18.5. The van der Waals surface area contributed by atoms with Gasteiger partial charge in [0, 0.05) is 0 Å². The molecule has 0 radical (unpaired) electrons. The van der Waals surface area contributed by atoms with Gasteiger partial charge in [0.25, 0.3) is 0 Å². The second-order valence-electron chi connectivity index (χ2n) is 2.59. The van der Waals surface area contributed by atoms with Crippen LogP contribution in [0.1, 0.15) is 0 Å². The van der Waals surface area contributed by atoms with E-state index in [0.29, 0.717) is 0 Å². The van der Waals surface area contributed by atoms with Crippen LogP contribution in [0.2, 0.25) is 0 Å². The average Bonchev–Trinajstić information content (AvgIpc) is 2.81. The summed E-state index contributed by atoms with van der Waals surface area (Å²) in [5, 5.41) is 0. The van der Waals surface area contributed by atoms with E-state index in [0.717, 1.165) is 0 Å². The summed E-state index contributed by atoms with van der Waals surface area (Å²) in [5.41, 5.74) is 0. The quantitative estimate of drug-likeness (QED) is 0.143. The van der Waals surface area contributed by atoms with Crippen molar-refractivity contribution in [2.75, 3.05) is 0 Å². The number of hydrogen-bond donors (Lipinski definition) is 0. The van der Waals surface area contributed by atoms with E-state index in [9.17, 15) is 0 Å². The fourth-order valence-corrected chi connectivity index (χ4v) is 5870. The molecule has 0 saturated heterocycles. The summed E-state index contributed by atoms with van der Waals surface area (Å²) in [6, 6.07) is 0. The third kappa shape index (κ3) is 24.6. The summed E-state index contributed by atoms with van der Waals surface area (Å²) in [4.78, 5) is 0. The van der Waals surface area contributed by atoms with Crippen LogP contribution in [0.15, 0.2) is 0 Å². The van der Waals surface area contributed by atoms with Crippen LogP contribution in [0.3, 0.4) is 0 Å². The summed E-state index contributed by atoms with van der Waals surface area (Å²) >= 11 is 57.2. The Morgan fingerprint density at radius 1 is 0.147 bits per heavy atom. The monoisotopic (exact) mass is 4310 g/mol. The Hall–Kier alpha value is 24.8. The fraction of sp³-hybridized carbons (Fsp3) is 0. The van der Waals surface area contributed by atoms with E-state index in [-0.39, 0.29) is 0 Å². The van der Waals surface area contributed by atoms with Gasteiger partial charge in [0.15, 0.2) is 0 Å². The van der Waals surface area contributed by atoms with E-state index in [4.69, 9.17) is 0 Å². The van der Waals surface area contributed by atoms with Crippen LogP contribution in [0.4, 0.5) is 0 Å². The van der Waals surface area contributed by atoms with Crippen molar-refractivity contribution in [2.45, 2.75) is 0 Å². The van der Waals surface area contributed by atoms with Gasteiger partial charge < -0.3 is 0 Å². The molecule has 0 amide bonds. The third-order valence-corrected chi connectivity index (χ3v) is 2480. The van der Waals surface area contributed by atoms with Gasteiger partial charge in [0.2, 0.25) is 0 Å². The van der Waals surface area contributed by atoms with Gasteiger partial charge in [0.1, 0.15) is 0 Å². The Morgan fingerprint density at radius 2 is 0.235 bits per heavy atom. The molecule has 0 spiro atoms. The van der Waals surface area contributed by atoms with Crippen molar-refractivity contribution < 1.29 is 0 Å². The molecule has 0 rings (SSSR count). The molecule has 0 bridgehead atoms. The molecule has 0 aromatic heterocycles. The summed E-state index contributed by atoms with van der Waals surface area (Å²) in [6.45, 7) is 0. The molecule has 0 aliphatic heterocycles. The Labute approximate surface area is 434 Å². The van der Waals surface area contributed by atoms with Crippen LogP contribution in [-0.4, -0.2) is 0 Å². The predicted octanol–water partition coefficient (Wildman–Crippen LogP) is 30.1. The Bertz CT molecular complexity index is 484. The standard InChI is InChI=1S/I34/c1-19(2)21(5)23(7)25(9)27(11)29(13)31(15)33(17)34(18)32(16)30(14)28(12)26(10)24(8)22(6)20(3)4. The first-order valence-corrected chi connectivity index (χ1v) is 212. The van der Waals surface area contributed by atoms with Crippen LogP contribution in [0.5, 0.6) is 0 Å². The molecule has 0 aromatic rings. The van der Waals surface area contributed by atoms with E-state index >= 15 is 0 Å². The predicted molar refractivity (Wildman–Crippen MR) is 477 cm³/mol. The Balaban J connectivity index is 5.28. The molecule has 0 fully saturated rings. The Morgan fingerprint density at radius 3 is 0.324 bits per heavy atom. The molecule has 0 heterocycles. The molecular formula is I34. The van der Waals surface area contributed by atoms with E-state index < -0.39 is 126 Å². The van der Waals surface area contributed by atoms with Gasteiger partial charge in [0.05, 0.1) is 0 Å². The summed E-state index contributed by atoms with van der Waals surface area (Å²) < 4.78 is 0. The Kier molecular flexibility index (Phi) is 60.9. The first-order chi connectivity index (χ1) is 15.4. The van der Waals surface area contributed by atoms with E-state index in [2.05, 4.69) is 335 Å². The zero-order chi connectivity index (χ0) is 27.2. The number of halogens is 34. The van der Waals surface area contributed by atoms with Gasteiger partial charge in [-0.15, -0.1) is 0 Å². The number of rotatable bonds is 15. The minimum atomic E-state index is -0.511. The first-order valence-electron chi connectivity index (χ1n) is 4.71. The molecule has 0 nitrogen and oxygen atoms in total. The topological polar surface area (TPSA) is 0 Å². The summed E-state index contributed by atoms with van der Waals surface area (Å²) in [7, 11) is -7.71. The van der Waals surface area contributed by atoms with Crippen molar-refractivity contribution in [3.8, 4) is 0 Å². The second-order valence-corrected chi connectivity index (χ2v) is 782. The van der Waals surface area contributed by atoms with Crippen LogP contribution in [-0.2, 0) is 0 Å². The molecule has 34 heavy (non-hydrogen) atoms. The first kappa shape index (κ1) is 58.8. The van der Waals surface area contributed by atoms with Crippen LogP contribution in [0, 0.1) is 0 Å². The van der Waals surface area contributed by atoms with Crippen molar-refractivity contribution in [1.29, 1.82) is 0 Å². The van der Waals surface area contributed by atoms with Crippen molar-refractivity contribution in [2.24, 2.45) is 0 Å². The molecule has 34 heteroatoms. The van der Waals surface area contributed by atoms with Crippen molar-refractivity contribution in [3.05, 3.63) is 0 Å². The third-order valence-electron chi connectivity index (χ3n) is 1.22. The zero-order valence-electron chi connectivity index (χ0n) is 12.9. The molecule has 0 N–H and O–H groups in total. The van der Waals surface area contributed by atoms with Crippen LogP contribution < -0.4 is 0 Å². The van der Waals surface area contributed by atoms with Gasteiger partial charge in [-0.2, -0.15) is 0 Å². The maximum atomic E-state index is 3.31. The summed E-state index contributed by atoms with van der Waals surface area (Å²) in [6.07, 6.45) is 0. The molecule has 0 saturated carbocycles. The molecule has 0 unspecified atom stereocenters. The van der Waals surface area contributed by atoms with Gasteiger partial charge in [-0.05, 0) is 0 Å². The van der Waals surface area contributed by atoms with E-state index in [1.807, 2.05) is 0 Å². The number of hydrogen-bond acceptors (Lipinski definition) is 0. The van der Waals surface area contributed by atoms with Gasteiger partial charge in [-0.1, -0.05) is 0 Å².